The zero-order valence-corrected chi connectivity index (χ0v) is 23.1. The Labute approximate surface area is 240 Å². The van der Waals surface area contributed by atoms with Crippen molar-refractivity contribution >= 4 is 46.8 Å². The number of rotatable bonds is 6. The summed E-state index contributed by atoms with van der Waals surface area (Å²) in [5.41, 5.74) is 2.19. The molecule has 4 amide bonds. The minimum Gasteiger partial charge on any atom is -0.453 e. The second-order valence-electron chi connectivity index (χ2n) is 9.36. The summed E-state index contributed by atoms with van der Waals surface area (Å²) in [5, 5.41) is 22.7. The first-order valence-electron chi connectivity index (χ1n) is 12.8. The van der Waals surface area contributed by atoms with Crippen molar-refractivity contribution in [3.8, 4) is 5.69 Å². The van der Waals surface area contributed by atoms with Crippen LogP contribution in [-0.4, -0.2) is 63.7 Å². The molecular weight excluding hydrogens is 552 g/mol. The van der Waals surface area contributed by atoms with Gasteiger partial charge in [0, 0.05) is 23.7 Å². The van der Waals surface area contributed by atoms with E-state index in [0.717, 1.165) is 11.3 Å². The maximum atomic E-state index is 13.3. The van der Waals surface area contributed by atoms with Crippen molar-refractivity contribution < 1.29 is 23.9 Å². The maximum Gasteiger partial charge on any atom is 0.411 e. The topological polar surface area (TPSA) is 169 Å². The average Bonchev–Trinajstić information content (AvgIpc) is 3.46. The number of nitrogens with one attached hydrogen (secondary N) is 4. The fraction of sp³-hybridized carbons (Fsp3) is 0.296. The molecule has 41 heavy (non-hydrogen) atoms. The first kappa shape index (κ1) is 29.2. The Balaban J connectivity index is 1.51. The summed E-state index contributed by atoms with van der Waals surface area (Å²) in [6, 6.07) is 8.81. The fourth-order valence-electron chi connectivity index (χ4n) is 4.26. The molecule has 214 valence electrons. The van der Waals surface area contributed by atoms with E-state index in [9.17, 15) is 19.2 Å². The zero-order valence-electron chi connectivity index (χ0n) is 22.4. The average molecular weight is 581 g/mol. The molecule has 2 aromatic carbocycles. The second-order valence-corrected chi connectivity index (χ2v) is 9.80. The van der Waals surface area contributed by atoms with Gasteiger partial charge in [0.2, 0.25) is 11.8 Å². The van der Waals surface area contributed by atoms with Crippen LogP contribution in [-0.2, 0) is 20.7 Å². The summed E-state index contributed by atoms with van der Waals surface area (Å²) in [4.78, 5) is 50.8. The molecule has 0 fully saturated rings. The zero-order chi connectivity index (χ0) is 29.4. The number of tetrazole rings is 1. The van der Waals surface area contributed by atoms with Gasteiger partial charge in [0.1, 0.15) is 12.4 Å². The summed E-state index contributed by atoms with van der Waals surface area (Å²) in [7, 11) is 1.22. The molecule has 13 nitrogen and oxygen atoms in total. The van der Waals surface area contributed by atoms with Gasteiger partial charge in [-0.25, -0.2) is 9.48 Å². The van der Waals surface area contributed by atoms with Crippen molar-refractivity contribution in [3.63, 3.8) is 0 Å². The molecule has 2 atom stereocenters. The first-order chi connectivity index (χ1) is 19.7. The largest absolute Gasteiger partial charge is 0.453 e. The standard InChI is InChI=1S/C27H29ClN8O5/c1-16-4-3-5-21(26(39)29-11-10-17-13-18(28)6-9-23(17)36-15-30-34-35-36)33-25(38)20-8-7-19(31-27(40)41-2)14-22(20)32-24(37)12-16/h3-4,6-9,13-16,21H,5,10-12H2,1-2H3,(H,29,39)(H,31,40)(H,32,37)(H,33,38)/b4-3-/t16?,21-/m1/s1. The van der Waals surface area contributed by atoms with Crippen molar-refractivity contribution in [1.82, 2.24) is 30.8 Å². The van der Waals surface area contributed by atoms with Crippen molar-refractivity contribution in [1.29, 1.82) is 0 Å². The molecule has 3 aromatic rings. The number of amides is 4. The van der Waals surface area contributed by atoms with Gasteiger partial charge in [0.15, 0.2) is 0 Å². The van der Waals surface area contributed by atoms with E-state index in [1.807, 2.05) is 13.0 Å². The Bertz CT molecular complexity index is 1460. The Hall–Kier alpha value is -4.78. The van der Waals surface area contributed by atoms with Crippen LogP contribution in [0.3, 0.4) is 0 Å². The lowest BCUT2D eigenvalue weighted by Gasteiger charge is -2.20. The predicted octanol–water partition coefficient (Wildman–Crippen LogP) is 2.88. The Kier molecular flexibility index (Phi) is 9.64. The molecular formula is C27H29ClN8O5. The SMILES string of the molecule is COC(=O)Nc1ccc2c(c1)NC(=O)CC(C)/C=C\C[C@H](C(=O)NCCc1cc(Cl)ccc1-n1cnnn1)NC2=O. The van der Waals surface area contributed by atoms with Gasteiger partial charge in [-0.15, -0.1) is 5.10 Å². The van der Waals surface area contributed by atoms with E-state index in [1.165, 1.54) is 36.3 Å². The van der Waals surface area contributed by atoms with Crippen molar-refractivity contribution in [2.24, 2.45) is 5.92 Å². The molecule has 0 saturated heterocycles. The van der Waals surface area contributed by atoms with Crippen LogP contribution < -0.4 is 21.3 Å². The number of ether oxygens (including phenoxy) is 1. The van der Waals surface area contributed by atoms with Crippen LogP contribution in [0.1, 0.15) is 35.7 Å². The van der Waals surface area contributed by atoms with Gasteiger partial charge in [0.05, 0.1) is 24.0 Å². The Morgan fingerprint density at radius 3 is 2.78 bits per heavy atom. The lowest BCUT2D eigenvalue weighted by molar-refractivity contribution is -0.123. The lowest BCUT2D eigenvalue weighted by Crippen LogP contribution is -2.47. The van der Waals surface area contributed by atoms with E-state index < -0.39 is 18.0 Å². The van der Waals surface area contributed by atoms with Gasteiger partial charge in [0.25, 0.3) is 5.91 Å². The van der Waals surface area contributed by atoms with Crippen molar-refractivity contribution in [2.45, 2.75) is 32.2 Å². The third kappa shape index (κ3) is 7.88. The number of fused-ring (bicyclic) bond motifs is 1. The van der Waals surface area contributed by atoms with Crippen LogP contribution in [0, 0.1) is 5.92 Å². The fourth-order valence-corrected chi connectivity index (χ4v) is 4.46. The molecule has 4 rings (SSSR count). The normalized spacial score (nSPS) is 18.0. The van der Waals surface area contributed by atoms with Crippen molar-refractivity contribution in [3.05, 3.63) is 71.0 Å². The second kappa shape index (κ2) is 13.5. The van der Waals surface area contributed by atoms with Crippen LogP contribution in [0.25, 0.3) is 5.69 Å². The summed E-state index contributed by atoms with van der Waals surface area (Å²) >= 11 is 6.19. The van der Waals surface area contributed by atoms with Gasteiger partial charge in [-0.3, -0.25) is 19.7 Å². The molecule has 1 aromatic heterocycles. The smallest absolute Gasteiger partial charge is 0.411 e. The van der Waals surface area contributed by atoms with Gasteiger partial charge in [-0.2, -0.15) is 0 Å². The van der Waals surface area contributed by atoms with Crippen LogP contribution in [0.4, 0.5) is 16.2 Å². The van der Waals surface area contributed by atoms with E-state index >= 15 is 0 Å². The molecule has 0 bridgehead atoms. The molecule has 0 spiro atoms. The minimum atomic E-state index is -0.889. The first-order valence-corrected chi connectivity index (χ1v) is 13.2. The van der Waals surface area contributed by atoms with Gasteiger partial charge >= 0.3 is 6.09 Å². The van der Waals surface area contributed by atoms with Crippen LogP contribution in [0.2, 0.25) is 5.02 Å². The number of allylic oxidation sites excluding steroid dienone is 1. The summed E-state index contributed by atoms with van der Waals surface area (Å²) in [6.07, 6.45) is 5.18. The number of anilines is 2. The molecule has 1 aliphatic rings. The minimum absolute atomic E-state index is 0.124. The molecule has 0 aliphatic carbocycles. The number of carbonyl (C=O) groups excluding carboxylic acids is 4. The van der Waals surface area contributed by atoms with Gasteiger partial charge in [-0.1, -0.05) is 30.7 Å². The van der Waals surface area contributed by atoms with Gasteiger partial charge < -0.3 is 20.7 Å². The number of halogens is 1. The van der Waals surface area contributed by atoms with Crippen LogP contribution in [0.5, 0.6) is 0 Å². The molecule has 14 heteroatoms. The monoisotopic (exact) mass is 580 g/mol. The van der Waals surface area contributed by atoms with E-state index in [-0.39, 0.29) is 48.4 Å². The van der Waals surface area contributed by atoms with Crippen LogP contribution in [0.15, 0.2) is 54.9 Å². The molecule has 0 saturated carbocycles. The number of hydrogen-bond donors (Lipinski definition) is 4. The number of aromatic nitrogens is 4. The maximum absolute atomic E-state index is 13.3. The third-order valence-corrected chi connectivity index (χ3v) is 6.50. The molecule has 4 N–H and O–H groups in total. The summed E-state index contributed by atoms with van der Waals surface area (Å²) in [6.45, 7) is 2.13. The summed E-state index contributed by atoms with van der Waals surface area (Å²) < 4.78 is 6.12. The van der Waals surface area contributed by atoms with E-state index in [0.29, 0.717) is 17.1 Å². The van der Waals surface area contributed by atoms with Crippen LogP contribution >= 0.6 is 11.6 Å². The molecule has 0 radical (unpaired) electrons. The number of methoxy groups -OCH3 is 1. The highest BCUT2D eigenvalue weighted by Crippen LogP contribution is 2.23. The summed E-state index contributed by atoms with van der Waals surface area (Å²) in [5.74, 6) is -1.37. The van der Waals surface area contributed by atoms with Crippen molar-refractivity contribution in [2.75, 3.05) is 24.3 Å². The van der Waals surface area contributed by atoms with Gasteiger partial charge in [-0.05, 0) is 71.1 Å². The number of nitrogens with zero attached hydrogens (tertiary/aromatic N) is 4. The predicted molar refractivity (Wildman–Crippen MR) is 151 cm³/mol. The van der Waals surface area contributed by atoms with E-state index in [2.05, 4.69) is 41.5 Å². The highest BCUT2D eigenvalue weighted by atomic mass is 35.5. The molecule has 1 aliphatic heterocycles. The highest BCUT2D eigenvalue weighted by molar-refractivity contribution is 6.30. The lowest BCUT2D eigenvalue weighted by atomic mass is 10.0. The quantitative estimate of drug-likeness (QED) is 0.323. The molecule has 1 unspecified atom stereocenters. The van der Waals surface area contributed by atoms with E-state index in [1.54, 1.807) is 24.3 Å². The van der Waals surface area contributed by atoms with E-state index in [4.69, 9.17) is 11.6 Å². The Morgan fingerprint density at radius 2 is 2.02 bits per heavy atom. The number of benzene rings is 2. The Morgan fingerprint density at radius 1 is 1.20 bits per heavy atom. The number of hydrogen-bond acceptors (Lipinski definition) is 8. The molecule has 2 heterocycles. The number of carbonyl (C=O) groups is 4. The highest BCUT2D eigenvalue weighted by Gasteiger charge is 2.24. The third-order valence-electron chi connectivity index (χ3n) is 6.27.